The molecule has 19 heavy (non-hydrogen) atoms. The summed E-state index contributed by atoms with van der Waals surface area (Å²) in [5.41, 5.74) is 2.79. The van der Waals surface area contributed by atoms with Gasteiger partial charge in [0.25, 0.3) is 0 Å². The van der Waals surface area contributed by atoms with Crippen molar-refractivity contribution in [1.82, 2.24) is 0 Å². The van der Waals surface area contributed by atoms with Gasteiger partial charge in [-0.1, -0.05) is 0 Å². The van der Waals surface area contributed by atoms with Crippen LogP contribution in [0.15, 0.2) is 0 Å². The van der Waals surface area contributed by atoms with Gasteiger partial charge in [0, 0.05) is 0 Å². The Bertz CT molecular complexity index is 694. The lowest BCUT2D eigenvalue weighted by Gasteiger charge is -2.16. The summed E-state index contributed by atoms with van der Waals surface area (Å²) >= 11 is 0. The molecule has 106 valence electrons. The van der Waals surface area contributed by atoms with Crippen LogP contribution in [-0.4, -0.2) is 21.9 Å². The normalized spacial score (nSPS) is 19.8. The van der Waals surface area contributed by atoms with Gasteiger partial charge in [0.2, 0.25) is 5.08 Å². The van der Waals surface area contributed by atoms with E-state index in [1.54, 1.807) is 13.8 Å². The van der Waals surface area contributed by atoms with Crippen LogP contribution in [0.25, 0.3) is 0 Å². The van der Waals surface area contributed by atoms with Gasteiger partial charge in [0.1, 0.15) is 0 Å². The average molecular weight is 306 g/mol. The van der Waals surface area contributed by atoms with E-state index in [2.05, 4.69) is 0 Å². The topological polar surface area (TPSA) is 86.7 Å². The van der Waals surface area contributed by atoms with Gasteiger partial charge in [0.15, 0.2) is 11.5 Å². The van der Waals surface area contributed by atoms with E-state index in [-0.39, 0.29) is 11.5 Å². The summed E-state index contributed by atoms with van der Waals surface area (Å²) in [6.07, 6.45) is 0. The molecule has 0 aromatic heterocycles. The van der Waals surface area contributed by atoms with Crippen molar-refractivity contribution in [1.29, 1.82) is 0 Å². The molecule has 0 spiro atoms. The monoisotopic (exact) mass is 306 g/mol. The first-order valence-corrected chi connectivity index (χ1v) is 8.64. The van der Waals surface area contributed by atoms with E-state index in [4.69, 9.17) is 8.37 Å². The SMILES string of the molecule is Cc1c(C)c(C)c2c(c1C)OS(=O)(=O)CS(=O)(=O)O2. The Morgan fingerprint density at radius 3 is 1.32 bits per heavy atom. The van der Waals surface area contributed by atoms with Gasteiger partial charge >= 0.3 is 20.2 Å². The summed E-state index contributed by atoms with van der Waals surface area (Å²) in [4.78, 5) is 0. The zero-order chi connectivity index (χ0) is 14.6. The van der Waals surface area contributed by atoms with Crippen molar-refractivity contribution in [2.24, 2.45) is 0 Å². The summed E-state index contributed by atoms with van der Waals surface area (Å²) < 4.78 is 56.3. The van der Waals surface area contributed by atoms with Crippen LogP contribution in [0.3, 0.4) is 0 Å². The highest BCUT2D eigenvalue weighted by molar-refractivity contribution is 8.04. The lowest BCUT2D eigenvalue weighted by Crippen LogP contribution is -2.21. The third-order valence-corrected chi connectivity index (χ3v) is 6.43. The van der Waals surface area contributed by atoms with E-state index < -0.39 is 25.3 Å². The minimum Gasteiger partial charge on any atom is -0.377 e. The molecule has 0 aliphatic carbocycles. The highest BCUT2D eigenvalue weighted by atomic mass is 32.3. The first-order chi connectivity index (χ1) is 8.54. The average Bonchev–Trinajstić information content (AvgIpc) is 2.36. The number of rotatable bonds is 0. The van der Waals surface area contributed by atoms with Gasteiger partial charge in [0.05, 0.1) is 0 Å². The second-order valence-corrected chi connectivity index (χ2v) is 8.06. The summed E-state index contributed by atoms with van der Waals surface area (Å²) in [5.74, 6) is -0.0802. The molecular formula is C11H14O6S2. The van der Waals surface area contributed by atoms with Gasteiger partial charge in [-0.05, 0) is 49.9 Å². The summed E-state index contributed by atoms with van der Waals surface area (Å²) in [6, 6.07) is 0. The molecule has 1 aliphatic rings. The number of benzene rings is 1. The molecule has 0 saturated carbocycles. The molecular weight excluding hydrogens is 292 g/mol. The largest absolute Gasteiger partial charge is 0.377 e. The van der Waals surface area contributed by atoms with Crippen LogP contribution < -0.4 is 8.37 Å². The minimum atomic E-state index is -4.22. The highest BCUT2D eigenvalue weighted by Gasteiger charge is 2.35. The Labute approximate surface area is 112 Å². The fraction of sp³-hybridized carbons (Fsp3) is 0.455. The summed E-state index contributed by atoms with van der Waals surface area (Å²) in [6.45, 7) is 6.95. The molecule has 2 rings (SSSR count). The van der Waals surface area contributed by atoms with Crippen LogP contribution in [0.2, 0.25) is 0 Å². The molecule has 6 nitrogen and oxygen atoms in total. The molecule has 0 amide bonds. The lowest BCUT2D eigenvalue weighted by molar-refractivity contribution is 0.467. The fourth-order valence-corrected chi connectivity index (χ4v) is 4.63. The molecule has 1 aliphatic heterocycles. The van der Waals surface area contributed by atoms with Gasteiger partial charge in [-0.2, -0.15) is 16.8 Å². The quantitative estimate of drug-likeness (QED) is 0.672. The van der Waals surface area contributed by atoms with E-state index >= 15 is 0 Å². The maximum absolute atomic E-state index is 11.6. The highest BCUT2D eigenvalue weighted by Crippen LogP contribution is 2.42. The zero-order valence-corrected chi connectivity index (χ0v) is 12.6. The fourth-order valence-electron chi connectivity index (χ4n) is 1.92. The number of hydrogen-bond acceptors (Lipinski definition) is 6. The van der Waals surface area contributed by atoms with Gasteiger partial charge in [-0.25, -0.2) is 0 Å². The third kappa shape index (κ3) is 2.42. The summed E-state index contributed by atoms with van der Waals surface area (Å²) in [5, 5.41) is -1.19. The van der Waals surface area contributed by atoms with Crippen LogP contribution in [0.1, 0.15) is 22.3 Å². The van der Waals surface area contributed by atoms with Crippen molar-refractivity contribution in [3.63, 3.8) is 0 Å². The van der Waals surface area contributed by atoms with E-state index in [1.807, 2.05) is 13.8 Å². The van der Waals surface area contributed by atoms with Crippen LogP contribution in [0.4, 0.5) is 0 Å². The van der Waals surface area contributed by atoms with Crippen LogP contribution in [0.5, 0.6) is 11.5 Å². The molecule has 0 N–H and O–H groups in total. The van der Waals surface area contributed by atoms with Crippen molar-refractivity contribution in [2.75, 3.05) is 5.08 Å². The molecule has 0 saturated heterocycles. The Kier molecular flexibility index (Phi) is 3.06. The maximum atomic E-state index is 11.6. The molecule has 0 bridgehead atoms. The van der Waals surface area contributed by atoms with E-state index in [9.17, 15) is 16.8 Å². The van der Waals surface area contributed by atoms with E-state index in [0.29, 0.717) is 11.1 Å². The standard InChI is InChI=1S/C11H14O6S2/c1-6-7(2)9(4)11-10(8(6)3)16-18(12,13)5-19(14,15)17-11/h5H2,1-4H3. The predicted octanol–water partition coefficient (Wildman–Crippen LogP) is 1.31. The first-order valence-electron chi connectivity index (χ1n) is 5.49. The van der Waals surface area contributed by atoms with Gasteiger partial charge in [-0.15, -0.1) is 0 Å². The van der Waals surface area contributed by atoms with Gasteiger partial charge < -0.3 is 8.37 Å². The number of hydrogen-bond donors (Lipinski definition) is 0. The Morgan fingerprint density at radius 2 is 1.00 bits per heavy atom. The lowest BCUT2D eigenvalue weighted by atomic mass is 9.98. The van der Waals surface area contributed by atoms with Crippen molar-refractivity contribution in [2.45, 2.75) is 27.7 Å². The second kappa shape index (κ2) is 4.11. The van der Waals surface area contributed by atoms with Crippen LogP contribution in [0, 0.1) is 27.7 Å². The van der Waals surface area contributed by atoms with Crippen LogP contribution in [-0.2, 0) is 20.2 Å². The van der Waals surface area contributed by atoms with E-state index in [1.165, 1.54) is 0 Å². The van der Waals surface area contributed by atoms with Crippen LogP contribution >= 0.6 is 0 Å². The molecule has 1 aromatic rings. The van der Waals surface area contributed by atoms with E-state index in [0.717, 1.165) is 11.1 Å². The smallest absolute Gasteiger partial charge is 0.327 e. The number of fused-ring (bicyclic) bond motifs is 1. The van der Waals surface area contributed by atoms with Crippen molar-refractivity contribution < 1.29 is 25.2 Å². The minimum absolute atomic E-state index is 0.0401. The maximum Gasteiger partial charge on any atom is 0.327 e. The molecule has 8 heteroatoms. The molecule has 1 heterocycles. The zero-order valence-electron chi connectivity index (χ0n) is 11.0. The Balaban J connectivity index is 2.87. The Morgan fingerprint density at radius 1 is 0.684 bits per heavy atom. The summed E-state index contributed by atoms with van der Waals surface area (Å²) in [7, 11) is -8.44. The second-order valence-electron chi connectivity index (χ2n) is 4.56. The molecule has 0 atom stereocenters. The van der Waals surface area contributed by atoms with Crippen molar-refractivity contribution in [3.05, 3.63) is 22.3 Å². The molecule has 1 aromatic carbocycles. The Hall–Kier alpha value is -1.28. The molecule has 0 fully saturated rings. The van der Waals surface area contributed by atoms with Gasteiger partial charge in [-0.3, -0.25) is 0 Å². The predicted molar refractivity (Wildman–Crippen MR) is 69.4 cm³/mol. The van der Waals surface area contributed by atoms with Crippen molar-refractivity contribution >= 4 is 20.2 Å². The first kappa shape index (κ1) is 14.1. The van der Waals surface area contributed by atoms with Crippen molar-refractivity contribution in [3.8, 4) is 11.5 Å². The molecule has 0 unspecified atom stereocenters. The molecule has 0 radical (unpaired) electrons. The third-order valence-electron chi connectivity index (χ3n) is 3.28.